The molecule has 3 aromatic rings. The molecule has 0 saturated carbocycles. The quantitative estimate of drug-likeness (QED) is 0.691. The van der Waals surface area contributed by atoms with E-state index in [1.54, 1.807) is 28.4 Å². The van der Waals surface area contributed by atoms with Gasteiger partial charge in [0.05, 0.1) is 5.69 Å². The maximum absolute atomic E-state index is 12.1. The maximum atomic E-state index is 12.1. The first kappa shape index (κ1) is 12.9. The van der Waals surface area contributed by atoms with Crippen LogP contribution < -0.4 is 5.56 Å². The van der Waals surface area contributed by atoms with Crippen LogP contribution in [0.25, 0.3) is 5.65 Å². The summed E-state index contributed by atoms with van der Waals surface area (Å²) in [4.78, 5) is 17.8. The van der Waals surface area contributed by atoms with E-state index in [0.29, 0.717) is 5.75 Å². The zero-order chi connectivity index (χ0) is 13.9. The highest BCUT2D eigenvalue weighted by molar-refractivity contribution is 7.98. The van der Waals surface area contributed by atoms with Crippen LogP contribution in [0.5, 0.6) is 0 Å². The van der Waals surface area contributed by atoms with E-state index in [9.17, 15) is 4.79 Å². The van der Waals surface area contributed by atoms with E-state index in [4.69, 9.17) is 0 Å². The second kappa shape index (κ2) is 5.51. The van der Waals surface area contributed by atoms with Crippen molar-refractivity contribution in [1.82, 2.24) is 9.38 Å². The average Bonchev–Trinajstić information content (AvgIpc) is 2.47. The largest absolute Gasteiger partial charge is 0.269 e. The molecular weight excluding hydrogens is 268 g/mol. The van der Waals surface area contributed by atoms with Gasteiger partial charge in [0.1, 0.15) is 5.65 Å². The molecule has 0 fully saturated rings. The molecule has 0 saturated heterocycles. The molecule has 2 heterocycles. The van der Waals surface area contributed by atoms with Crippen LogP contribution in [-0.2, 0) is 5.75 Å². The van der Waals surface area contributed by atoms with Crippen molar-refractivity contribution in [2.45, 2.75) is 17.6 Å². The molecule has 1 aromatic carbocycles. The normalized spacial score (nSPS) is 10.8. The molecule has 3 rings (SSSR count). The Morgan fingerprint density at radius 3 is 2.75 bits per heavy atom. The number of fused-ring (bicyclic) bond motifs is 1. The van der Waals surface area contributed by atoms with Gasteiger partial charge in [0.2, 0.25) is 0 Å². The standard InChI is InChI=1S/C16H14N2OS/c1-12-6-5-9-18-15(19)10-13(17-16(12)18)11-20-14-7-3-2-4-8-14/h2-10H,11H2,1H3. The fraction of sp³-hybridized carbons (Fsp3) is 0.125. The highest BCUT2D eigenvalue weighted by Crippen LogP contribution is 2.21. The van der Waals surface area contributed by atoms with Crippen LogP contribution in [0.3, 0.4) is 0 Å². The maximum Gasteiger partial charge on any atom is 0.258 e. The first-order valence-electron chi connectivity index (χ1n) is 6.40. The summed E-state index contributed by atoms with van der Waals surface area (Å²) in [5, 5.41) is 0. The lowest BCUT2D eigenvalue weighted by atomic mass is 10.3. The van der Waals surface area contributed by atoms with Crippen LogP contribution in [0, 0.1) is 6.92 Å². The number of thioether (sulfide) groups is 1. The van der Waals surface area contributed by atoms with E-state index in [1.165, 1.54) is 4.90 Å². The van der Waals surface area contributed by atoms with Crippen molar-refractivity contribution >= 4 is 17.4 Å². The zero-order valence-electron chi connectivity index (χ0n) is 11.1. The summed E-state index contributed by atoms with van der Waals surface area (Å²) in [6, 6.07) is 15.6. The van der Waals surface area contributed by atoms with E-state index in [0.717, 1.165) is 16.9 Å². The molecule has 0 bridgehead atoms. The Bertz CT molecular complexity index is 796. The Hall–Kier alpha value is -2.07. The van der Waals surface area contributed by atoms with Crippen LogP contribution in [0.2, 0.25) is 0 Å². The summed E-state index contributed by atoms with van der Waals surface area (Å²) >= 11 is 1.69. The van der Waals surface area contributed by atoms with Gasteiger partial charge in [0.25, 0.3) is 5.56 Å². The lowest BCUT2D eigenvalue weighted by molar-refractivity contribution is 1.00. The molecule has 4 heteroatoms. The molecule has 0 radical (unpaired) electrons. The summed E-state index contributed by atoms with van der Waals surface area (Å²) in [5.74, 6) is 0.698. The first-order valence-corrected chi connectivity index (χ1v) is 7.38. The first-order chi connectivity index (χ1) is 9.74. The Morgan fingerprint density at radius 2 is 1.95 bits per heavy atom. The molecule has 2 aromatic heterocycles. The van der Waals surface area contributed by atoms with Crippen LogP contribution in [0.4, 0.5) is 0 Å². The van der Waals surface area contributed by atoms with Gasteiger partial charge in [-0.25, -0.2) is 4.98 Å². The van der Waals surface area contributed by atoms with Gasteiger partial charge in [0, 0.05) is 22.9 Å². The monoisotopic (exact) mass is 282 g/mol. The zero-order valence-corrected chi connectivity index (χ0v) is 11.9. The average molecular weight is 282 g/mol. The summed E-state index contributed by atoms with van der Waals surface area (Å²) in [5.41, 5.74) is 2.54. The second-order valence-corrected chi connectivity index (χ2v) is 5.62. The Balaban J connectivity index is 1.93. The highest BCUT2D eigenvalue weighted by Gasteiger charge is 2.05. The molecule has 100 valence electrons. The molecule has 0 aliphatic rings. The molecular formula is C16H14N2OS. The molecule has 0 N–H and O–H groups in total. The SMILES string of the molecule is Cc1cccn2c(=O)cc(CSc3ccccc3)nc12. The van der Waals surface area contributed by atoms with Gasteiger partial charge < -0.3 is 0 Å². The van der Waals surface area contributed by atoms with Gasteiger partial charge in [-0.1, -0.05) is 24.3 Å². The molecule has 3 nitrogen and oxygen atoms in total. The van der Waals surface area contributed by atoms with Crippen molar-refractivity contribution < 1.29 is 0 Å². The molecule has 0 atom stereocenters. The van der Waals surface area contributed by atoms with Gasteiger partial charge in [-0.05, 0) is 30.7 Å². The number of rotatable bonds is 3. The van der Waals surface area contributed by atoms with Crippen molar-refractivity contribution in [3.8, 4) is 0 Å². The van der Waals surface area contributed by atoms with E-state index < -0.39 is 0 Å². The van der Waals surface area contributed by atoms with E-state index in [-0.39, 0.29) is 5.56 Å². The minimum absolute atomic E-state index is 0.0256. The second-order valence-electron chi connectivity index (χ2n) is 4.57. The van der Waals surface area contributed by atoms with Crippen molar-refractivity contribution in [1.29, 1.82) is 0 Å². The summed E-state index contributed by atoms with van der Waals surface area (Å²) in [6.07, 6.45) is 1.76. The Labute approximate surface area is 121 Å². The number of aryl methyl sites for hydroxylation is 1. The van der Waals surface area contributed by atoms with Crippen LogP contribution >= 0.6 is 11.8 Å². The van der Waals surface area contributed by atoms with Gasteiger partial charge >= 0.3 is 0 Å². The summed E-state index contributed by atoms with van der Waals surface area (Å²) in [7, 11) is 0. The lowest BCUT2D eigenvalue weighted by Gasteiger charge is -2.06. The van der Waals surface area contributed by atoms with Gasteiger partial charge in [-0.15, -0.1) is 11.8 Å². The predicted molar refractivity (Wildman–Crippen MR) is 82.2 cm³/mol. The van der Waals surface area contributed by atoms with E-state index in [2.05, 4.69) is 17.1 Å². The number of hydrogen-bond donors (Lipinski definition) is 0. The van der Waals surface area contributed by atoms with Crippen LogP contribution in [-0.4, -0.2) is 9.38 Å². The van der Waals surface area contributed by atoms with Gasteiger partial charge in [0.15, 0.2) is 0 Å². The van der Waals surface area contributed by atoms with Gasteiger partial charge in [-0.2, -0.15) is 0 Å². The molecule has 0 aliphatic heterocycles. The molecule has 0 spiro atoms. The van der Waals surface area contributed by atoms with Gasteiger partial charge in [-0.3, -0.25) is 9.20 Å². The number of aromatic nitrogens is 2. The van der Waals surface area contributed by atoms with Crippen molar-refractivity contribution in [3.05, 3.63) is 76.3 Å². The minimum atomic E-state index is -0.0256. The topological polar surface area (TPSA) is 34.4 Å². The molecule has 0 amide bonds. The third-order valence-corrected chi connectivity index (χ3v) is 4.11. The highest BCUT2D eigenvalue weighted by atomic mass is 32.2. The van der Waals surface area contributed by atoms with Crippen LogP contribution in [0.15, 0.2) is 64.4 Å². The lowest BCUT2D eigenvalue weighted by Crippen LogP contribution is -2.15. The third-order valence-electron chi connectivity index (χ3n) is 3.07. The number of pyridine rings is 1. The third kappa shape index (κ3) is 2.60. The molecule has 0 unspecified atom stereocenters. The minimum Gasteiger partial charge on any atom is -0.269 e. The summed E-state index contributed by atoms with van der Waals surface area (Å²) < 4.78 is 1.59. The molecule has 20 heavy (non-hydrogen) atoms. The number of hydrogen-bond acceptors (Lipinski definition) is 3. The molecule has 0 aliphatic carbocycles. The predicted octanol–water partition coefficient (Wildman–Crippen LogP) is 3.30. The van der Waals surface area contributed by atoms with Crippen molar-refractivity contribution in [2.24, 2.45) is 0 Å². The fourth-order valence-electron chi connectivity index (χ4n) is 2.06. The van der Waals surface area contributed by atoms with Crippen LogP contribution in [0.1, 0.15) is 11.3 Å². The van der Waals surface area contributed by atoms with Crippen molar-refractivity contribution in [3.63, 3.8) is 0 Å². The fourth-order valence-corrected chi connectivity index (χ4v) is 2.87. The number of nitrogens with zero attached hydrogens (tertiary/aromatic N) is 2. The smallest absolute Gasteiger partial charge is 0.258 e. The van der Waals surface area contributed by atoms with E-state index in [1.807, 2.05) is 37.3 Å². The Morgan fingerprint density at radius 1 is 1.15 bits per heavy atom. The van der Waals surface area contributed by atoms with Crippen molar-refractivity contribution in [2.75, 3.05) is 0 Å². The van der Waals surface area contributed by atoms with E-state index >= 15 is 0 Å². The number of benzene rings is 1. The Kier molecular flexibility index (Phi) is 3.56. The summed E-state index contributed by atoms with van der Waals surface area (Å²) in [6.45, 7) is 1.97.